The Balaban J connectivity index is 0.771. The highest BCUT2D eigenvalue weighted by molar-refractivity contribution is 6.32. The zero-order valence-electron chi connectivity index (χ0n) is 34.1. The molecule has 61 heavy (non-hydrogen) atoms. The molecule has 1 unspecified atom stereocenters. The molecular formula is C44H50N8O9. The molecule has 0 bridgehead atoms. The Hall–Kier alpha value is -6.27. The molecule has 3 N–H and O–H groups in total. The monoisotopic (exact) mass is 834 g/mol. The lowest BCUT2D eigenvalue weighted by Gasteiger charge is -2.35. The summed E-state index contributed by atoms with van der Waals surface area (Å²) in [6.07, 6.45) is 1.90. The second-order valence-corrected chi connectivity index (χ2v) is 14.6. The van der Waals surface area contributed by atoms with Gasteiger partial charge in [-0.15, -0.1) is 0 Å². The van der Waals surface area contributed by atoms with Crippen molar-refractivity contribution in [3.05, 3.63) is 101 Å². The first kappa shape index (κ1) is 42.8. The number of amides is 4. The van der Waals surface area contributed by atoms with Gasteiger partial charge in [0.2, 0.25) is 11.8 Å². The van der Waals surface area contributed by atoms with Gasteiger partial charge in [-0.1, -0.05) is 24.3 Å². The van der Waals surface area contributed by atoms with Gasteiger partial charge in [-0.05, 0) is 74.5 Å². The molecule has 4 aliphatic heterocycles. The molecule has 2 fully saturated rings. The Kier molecular flexibility index (Phi) is 14.3. The van der Waals surface area contributed by atoms with Crippen molar-refractivity contribution >= 4 is 41.9 Å². The van der Waals surface area contributed by atoms with Crippen molar-refractivity contribution in [1.82, 2.24) is 20.1 Å². The van der Waals surface area contributed by atoms with Crippen molar-refractivity contribution in [3.63, 3.8) is 0 Å². The number of para-hydroxylation sites is 1. The second kappa shape index (κ2) is 20.3. The third kappa shape index (κ3) is 10.0. The molecular weight excluding hydrogens is 785 g/mol. The number of imide groups is 2. The average molecular weight is 835 g/mol. The van der Waals surface area contributed by atoms with Crippen molar-refractivity contribution < 1.29 is 42.9 Å². The van der Waals surface area contributed by atoms with E-state index in [1.807, 2.05) is 59.6 Å². The van der Waals surface area contributed by atoms with Crippen LogP contribution in [-0.2, 0) is 23.8 Å². The number of likely N-dealkylation sites (tertiary alicyclic amines) is 1. The number of benzene rings is 3. The number of fused-ring (bicyclic) bond motifs is 1. The average Bonchev–Trinajstić information content (AvgIpc) is 3.79. The molecule has 1 atom stereocenters. The summed E-state index contributed by atoms with van der Waals surface area (Å²) in [5, 5.41) is 9.22. The Morgan fingerprint density at radius 2 is 1.49 bits per heavy atom. The minimum absolute atomic E-state index is 0.0484. The maximum atomic E-state index is 13.2. The minimum Gasteiger partial charge on any atom is -0.490 e. The van der Waals surface area contributed by atoms with Crippen LogP contribution in [-0.4, -0.2) is 142 Å². The van der Waals surface area contributed by atoms with Crippen LogP contribution in [0.2, 0.25) is 0 Å². The molecule has 17 nitrogen and oxygen atoms in total. The smallest absolute Gasteiger partial charge is 0.266 e. The molecule has 3 aromatic rings. The number of ether oxygens (including phenoxy) is 5. The zero-order chi connectivity index (χ0) is 42.7. The quantitative estimate of drug-likeness (QED) is 0.102. The predicted octanol–water partition coefficient (Wildman–Crippen LogP) is 3.39. The zero-order valence-corrected chi connectivity index (χ0v) is 34.1. The number of hydrazone groups is 1. The van der Waals surface area contributed by atoms with Crippen molar-refractivity contribution in [2.75, 3.05) is 72.9 Å². The van der Waals surface area contributed by atoms with Crippen molar-refractivity contribution in [3.8, 4) is 17.2 Å². The van der Waals surface area contributed by atoms with E-state index in [2.05, 4.69) is 26.9 Å². The molecule has 4 aliphatic rings. The number of nitrogens with one attached hydrogen (secondary N) is 1. The first-order valence-corrected chi connectivity index (χ1v) is 20.4. The van der Waals surface area contributed by atoms with Crippen LogP contribution < -0.4 is 20.5 Å². The predicted molar refractivity (Wildman–Crippen MR) is 226 cm³/mol. The number of nitrogens with zero attached hydrogens (tertiary/aromatic N) is 6. The normalized spacial score (nSPS) is 19.9. The van der Waals surface area contributed by atoms with Crippen LogP contribution in [0.15, 0.2) is 99.3 Å². The highest BCUT2D eigenvalue weighted by Gasteiger charge is 2.46. The summed E-state index contributed by atoms with van der Waals surface area (Å²) in [7, 11) is 1.74. The van der Waals surface area contributed by atoms with Gasteiger partial charge in [0, 0.05) is 38.7 Å². The molecule has 2 saturated heterocycles. The molecule has 0 radical (unpaired) electrons. The highest BCUT2D eigenvalue weighted by Crippen LogP contribution is 2.34. The number of carbonyl (C=O) groups excluding carboxylic acids is 4. The highest BCUT2D eigenvalue weighted by atomic mass is 16.6. The van der Waals surface area contributed by atoms with Crippen LogP contribution in [0.1, 0.15) is 52.0 Å². The van der Waals surface area contributed by atoms with Crippen molar-refractivity contribution in [1.29, 1.82) is 0 Å². The molecule has 0 spiro atoms. The summed E-state index contributed by atoms with van der Waals surface area (Å²) < 4.78 is 28.9. The lowest BCUT2D eigenvalue weighted by molar-refractivity contribution is -0.136. The van der Waals surface area contributed by atoms with E-state index < -0.39 is 29.7 Å². The molecule has 0 aromatic heterocycles. The summed E-state index contributed by atoms with van der Waals surface area (Å²) in [5.41, 5.74) is 8.87. The van der Waals surface area contributed by atoms with Gasteiger partial charge in [-0.25, -0.2) is 10.0 Å². The van der Waals surface area contributed by atoms with Crippen LogP contribution in [0, 0.1) is 0 Å². The molecule has 4 heterocycles. The Morgan fingerprint density at radius 3 is 2.16 bits per heavy atom. The van der Waals surface area contributed by atoms with E-state index in [9.17, 15) is 19.2 Å². The fourth-order valence-corrected chi connectivity index (χ4v) is 7.65. The number of amidine groups is 1. The number of nitrogens with two attached hydrogens (primary N) is 1. The van der Waals surface area contributed by atoms with Crippen LogP contribution in [0.25, 0.3) is 0 Å². The van der Waals surface area contributed by atoms with Crippen LogP contribution in [0.5, 0.6) is 17.2 Å². The first-order chi connectivity index (χ1) is 29.8. The fraction of sp³-hybridized carbons (Fsp3) is 0.386. The summed E-state index contributed by atoms with van der Waals surface area (Å²) in [5.74, 6) is 0.356. The third-order valence-electron chi connectivity index (χ3n) is 10.7. The minimum atomic E-state index is -1.04. The van der Waals surface area contributed by atoms with E-state index >= 15 is 0 Å². The van der Waals surface area contributed by atoms with Gasteiger partial charge in [0.15, 0.2) is 5.84 Å². The van der Waals surface area contributed by atoms with E-state index in [1.54, 1.807) is 19.2 Å². The van der Waals surface area contributed by atoms with Gasteiger partial charge < -0.3 is 34.3 Å². The maximum absolute atomic E-state index is 13.2. The van der Waals surface area contributed by atoms with Crippen molar-refractivity contribution in [2.45, 2.75) is 37.8 Å². The standard InChI is InChI=1S/C44H50N8O9/c1-46-40(45)38-39(29-11-13-32(14-12-29)61-31-7-4-3-5-8-31)49-52(41(38)47-2)30-17-19-50(20-18-30)21-22-57-23-24-58-25-26-59-27-28-60-35-10-6-9-33-37(35)44(56)51(43(33)55)34-15-16-36(53)48-42(34)54/h3-14,30,34H,1,15-28,45H2,2H3,(H,48,53,54)/b40-38-,47-41+. The van der Waals surface area contributed by atoms with E-state index in [1.165, 1.54) is 6.07 Å². The summed E-state index contributed by atoms with van der Waals surface area (Å²) >= 11 is 0. The number of carbonyl (C=O) groups is 4. The molecule has 3 aromatic carbocycles. The van der Waals surface area contributed by atoms with Gasteiger partial charge in [0.25, 0.3) is 11.8 Å². The van der Waals surface area contributed by atoms with Gasteiger partial charge >= 0.3 is 0 Å². The molecule has 4 amide bonds. The number of aliphatic imine (C=N–C) groups is 2. The number of hydrogen-bond acceptors (Lipinski definition) is 14. The maximum Gasteiger partial charge on any atom is 0.266 e. The number of rotatable bonds is 19. The Morgan fingerprint density at radius 1 is 0.820 bits per heavy atom. The first-order valence-electron chi connectivity index (χ1n) is 20.4. The molecule has 0 aliphatic carbocycles. The Labute approximate surface area is 353 Å². The van der Waals surface area contributed by atoms with E-state index in [4.69, 9.17) is 34.5 Å². The van der Waals surface area contributed by atoms with Crippen molar-refractivity contribution in [2.24, 2.45) is 20.8 Å². The van der Waals surface area contributed by atoms with E-state index in [0.717, 1.165) is 48.7 Å². The van der Waals surface area contributed by atoms with E-state index in [0.29, 0.717) is 55.9 Å². The Bertz CT molecular complexity index is 2190. The third-order valence-corrected chi connectivity index (χ3v) is 10.7. The topological polar surface area (TPSA) is 199 Å². The van der Waals surface area contributed by atoms with Crippen LogP contribution in [0.3, 0.4) is 0 Å². The van der Waals surface area contributed by atoms with Crippen LogP contribution in [0.4, 0.5) is 0 Å². The van der Waals surface area contributed by atoms with Gasteiger partial charge in [0.05, 0.1) is 62.4 Å². The summed E-state index contributed by atoms with van der Waals surface area (Å²) in [4.78, 5) is 62.1. The van der Waals surface area contributed by atoms with E-state index in [-0.39, 0.29) is 54.8 Å². The summed E-state index contributed by atoms with van der Waals surface area (Å²) in [6, 6.07) is 21.2. The summed E-state index contributed by atoms with van der Waals surface area (Å²) in [6.45, 7) is 8.76. The largest absolute Gasteiger partial charge is 0.490 e. The lowest BCUT2D eigenvalue weighted by Crippen LogP contribution is -2.54. The molecule has 0 saturated carbocycles. The van der Waals surface area contributed by atoms with Gasteiger partial charge in [0.1, 0.15) is 41.4 Å². The number of hydrogen-bond donors (Lipinski definition) is 2. The van der Waals surface area contributed by atoms with Gasteiger partial charge in [-0.3, -0.25) is 34.4 Å². The molecule has 7 rings (SSSR count). The van der Waals surface area contributed by atoms with Gasteiger partial charge in [-0.2, -0.15) is 5.10 Å². The number of piperidine rings is 2. The second-order valence-electron chi connectivity index (χ2n) is 14.6. The van der Waals surface area contributed by atoms with Crippen LogP contribution >= 0.6 is 0 Å². The molecule has 17 heteroatoms. The SMILES string of the molecule is C=N/C(N)=C1/C(c2ccc(Oc3ccccc3)cc2)=NN(C2CCN(CCOCCOCCOCCOc3cccc4c3C(=O)N(C3CCC(=O)NC3=O)C4=O)CC2)/C1=N/C. The lowest BCUT2D eigenvalue weighted by atomic mass is 10.0. The molecule has 320 valence electrons. The fourth-order valence-electron chi connectivity index (χ4n) is 7.65.